The van der Waals surface area contributed by atoms with E-state index in [1.807, 2.05) is 17.5 Å². The highest BCUT2D eigenvalue weighted by molar-refractivity contribution is 7.91. The van der Waals surface area contributed by atoms with Crippen LogP contribution in [0.5, 0.6) is 0 Å². The number of aromatic nitrogens is 2. The van der Waals surface area contributed by atoms with Crippen LogP contribution in [0.4, 0.5) is 5.13 Å². The van der Waals surface area contributed by atoms with Crippen LogP contribution in [0.3, 0.4) is 0 Å². The van der Waals surface area contributed by atoms with Crippen LogP contribution in [-0.4, -0.2) is 41.2 Å². The zero-order chi connectivity index (χ0) is 19.7. The molecule has 1 atom stereocenters. The molecule has 1 amide bonds. The maximum atomic E-state index is 12.9. The molecule has 1 aliphatic rings. The second kappa shape index (κ2) is 7.88. The van der Waals surface area contributed by atoms with Gasteiger partial charge in [0, 0.05) is 29.9 Å². The van der Waals surface area contributed by atoms with Crippen LogP contribution in [-0.2, 0) is 14.8 Å². The zero-order valence-electron chi connectivity index (χ0n) is 14.4. The van der Waals surface area contributed by atoms with Gasteiger partial charge in [-0.05, 0) is 37.1 Å². The third kappa shape index (κ3) is 3.83. The van der Waals surface area contributed by atoms with Gasteiger partial charge in [-0.25, -0.2) is 13.4 Å². The fourth-order valence-corrected chi connectivity index (χ4v) is 7.00. The van der Waals surface area contributed by atoms with E-state index in [1.54, 1.807) is 18.5 Å². The van der Waals surface area contributed by atoms with E-state index in [1.165, 1.54) is 21.7 Å². The number of pyridine rings is 1. The molecule has 1 saturated heterocycles. The molecule has 1 fully saturated rings. The molecule has 0 saturated carbocycles. The topological polar surface area (TPSA) is 92.3 Å². The number of hydrogen-bond acceptors (Lipinski definition) is 7. The molecular formula is C17H15ClN4O3S3. The Kier molecular flexibility index (Phi) is 5.48. The number of sulfonamides is 1. The summed E-state index contributed by atoms with van der Waals surface area (Å²) in [6.45, 7) is 0.300. The Morgan fingerprint density at radius 2 is 2.18 bits per heavy atom. The van der Waals surface area contributed by atoms with E-state index in [0.29, 0.717) is 34.5 Å². The number of carbonyl (C=O) groups excluding carboxylic acids is 1. The van der Waals surface area contributed by atoms with Gasteiger partial charge in [-0.2, -0.15) is 4.31 Å². The lowest BCUT2D eigenvalue weighted by Crippen LogP contribution is -2.42. The summed E-state index contributed by atoms with van der Waals surface area (Å²) in [7, 11) is -3.76. The van der Waals surface area contributed by atoms with Crippen LogP contribution < -0.4 is 5.32 Å². The van der Waals surface area contributed by atoms with Crippen molar-refractivity contribution in [2.75, 3.05) is 11.9 Å². The number of nitrogens with one attached hydrogen (secondary N) is 1. The van der Waals surface area contributed by atoms with Crippen molar-refractivity contribution >= 4 is 55.3 Å². The number of carbonyl (C=O) groups is 1. The van der Waals surface area contributed by atoms with Crippen molar-refractivity contribution in [3.63, 3.8) is 0 Å². The second-order valence-corrected chi connectivity index (χ2v) is 10.8. The molecule has 3 aromatic rings. The van der Waals surface area contributed by atoms with Crippen molar-refractivity contribution in [3.05, 3.63) is 46.4 Å². The van der Waals surface area contributed by atoms with E-state index in [2.05, 4.69) is 15.3 Å². The molecule has 28 heavy (non-hydrogen) atoms. The van der Waals surface area contributed by atoms with Gasteiger partial charge in [0.25, 0.3) is 10.0 Å². The zero-order valence-corrected chi connectivity index (χ0v) is 17.6. The summed E-state index contributed by atoms with van der Waals surface area (Å²) in [6, 6.07) is 5.93. The molecule has 3 aromatic heterocycles. The average molecular weight is 455 g/mol. The van der Waals surface area contributed by atoms with Gasteiger partial charge in [-0.15, -0.1) is 22.7 Å². The first-order valence-electron chi connectivity index (χ1n) is 8.39. The number of nitrogens with zero attached hydrogens (tertiary/aromatic N) is 3. The Labute approximate surface area is 175 Å². The largest absolute Gasteiger partial charge is 0.301 e. The maximum absolute atomic E-state index is 12.9. The molecule has 0 aromatic carbocycles. The van der Waals surface area contributed by atoms with Gasteiger partial charge in [-0.1, -0.05) is 11.6 Å². The summed E-state index contributed by atoms with van der Waals surface area (Å²) < 4.78 is 27.6. The smallest absolute Gasteiger partial charge is 0.253 e. The number of amides is 1. The SMILES string of the molecule is O=C(Nc1nc(-c2cccnc2)cs1)C1CCCN1S(=O)(=O)c1ccc(Cl)s1. The molecule has 1 unspecified atom stereocenters. The molecule has 0 spiro atoms. The van der Waals surface area contributed by atoms with E-state index in [4.69, 9.17) is 11.6 Å². The van der Waals surface area contributed by atoms with Gasteiger partial charge >= 0.3 is 0 Å². The first kappa shape index (κ1) is 19.5. The van der Waals surface area contributed by atoms with Crippen LogP contribution in [0.25, 0.3) is 11.3 Å². The highest BCUT2D eigenvalue weighted by atomic mass is 35.5. The predicted molar refractivity (Wildman–Crippen MR) is 110 cm³/mol. The summed E-state index contributed by atoms with van der Waals surface area (Å²) >= 11 is 8.15. The number of hydrogen-bond donors (Lipinski definition) is 1. The fraction of sp³-hybridized carbons (Fsp3) is 0.235. The molecule has 0 aliphatic carbocycles. The average Bonchev–Trinajstić information content (AvgIpc) is 3.43. The highest BCUT2D eigenvalue weighted by Gasteiger charge is 2.40. The number of halogens is 1. The van der Waals surface area contributed by atoms with Gasteiger partial charge in [0.05, 0.1) is 10.0 Å². The lowest BCUT2D eigenvalue weighted by molar-refractivity contribution is -0.119. The maximum Gasteiger partial charge on any atom is 0.253 e. The van der Waals surface area contributed by atoms with Crippen molar-refractivity contribution in [2.24, 2.45) is 0 Å². The minimum absolute atomic E-state index is 0.144. The van der Waals surface area contributed by atoms with Gasteiger partial charge in [0.1, 0.15) is 10.3 Å². The number of anilines is 1. The number of thiophene rings is 1. The van der Waals surface area contributed by atoms with E-state index in [-0.39, 0.29) is 10.1 Å². The quantitative estimate of drug-likeness (QED) is 0.634. The standard InChI is InChI=1S/C17H15ClN4O3S3/c18-14-5-6-15(27-14)28(24,25)22-8-2-4-13(22)16(23)21-17-20-12(10-26-17)11-3-1-7-19-9-11/h1,3,5-7,9-10,13H,2,4,8H2,(H,20,21,23). The Bertz CT molecular complexity index is 1100. The molecule has 0 bridgehead atoms. The summed E-state index contributed by atoms with van der Waals surface area (Å²) in [5.41, 5.74) is 1.55. The van der Waals surface area contributed by atoms with Crippen LogP contribution in [0, 0.1) is 0 Å². The van der Waals surface area contributed by atoms with Crippen LogP contribution in [0.2, 0.25) is 4.34 Å². The molecule has 4 rings (SSSR count). The van der Waals surface area contributed by atoms with Crippen molar-refractivity contribution in [1.82, 2.24) is 14.3 Å². The van der Waals surface area contributed by atoms with Crippen molar-refractivity contribution in [3.8, 4) is 11.3 Å². The fourth-order valence-electron chi connectivity index (χ4n) is 3.01. The van der Waals surface area contributed by atoms with Crippen LogP contribution >= 0.6 is 34.3 Å². The monoisotopic (exact) mass is 454 g/mol. The molecule has 146 valence electrons. The van der Waals surface area contributed by atoms with E-state index in [9.17, 15) is 13.2 Å². The van der Waals surface area contributed by atoms with Crippen LogP contribution in [0.1, 0.15) is 12.8 Å². The summed E-state index contributed by atoms with van der Waals surface area (Å²) in [5, 5.41) is 5.00. The predicted octanol–water partition coefficient (Wildman–Crippen LogP) is 3.71. The first-order valence-corrected chi connectivity index (χ1v) is 11.9. The van der Waals surface area contributed by atoms with Crippen molar-refractivity contribution < 1.29 is 13.2 Å². The Morgan fingerprint density at radius 3 is 2.89 bits per heavy atom. The van der Waals surface area contributed by atoms with Gasteiger partial charge < -0.3 is 5.32 Å². The molecule has 1 N–H and O–H groups in total. The normalized spacial score (nSPS) is 17.7. The third-order valence-electron chi connectivity index (χ3n) is 4.31. The van der Waals surface area contributed by atoms with Gasteiger partial charge in [-0.3, -0.25) is 9.78 Å². The number of rotatable bonds is 5. The van der Waals surface area contributed by atoms with Gasteiger partial charge in [0.15, 0.2) is 5.13 Å². The lowest BCUT2D eigenvalue weighted by atomic mass is 10.2. The van der Waals surface area contributed by atoms with Crippen molar-refractivity contribution in [1.29, 1.82) is 0 Å². The Hall–Kier alpha value is -1.85. The third-order valence-corrected chi connectivity index (χ3v) is 8.67. The summed E-state index contributed by atoms with van der Waals surface area (Å²) in [6.07, 6.45) is 4.45. The van der Waals surface area contributed by atoms with Gasteiger partial charge in [0.2, 0.25) is 5.91 Å². The molecule has 0 radical (unpaired) electrons. The molecule has 11 heteroatoms. The van der Waals surface area contributed by atoms with Crippen molar-refractivity contribution in [2.45, 2.75) is 23.1 Å². The lowest BCUT2D eigenvalue weighted by Gasteiger charge is -2.22. The highest BCUT2D eigenvalue weighted by Crippen LogP contribution is 2.33. The summed E-state index contributed by atoms with van der Waals surface area (Å²) in [5.74, 6) is -0.379. The Balaban J connectivity index is 1.51. The second-order valence-electron chi connectivity index (χ2n) is 6.10. The van der Waals surface area contributed by atoms with E-state index in [0.717, 1.165) is 16.9 Å². The van der Waals surface area contributed by atoms with E-state index >= 15 is 0 Å². The first-order chi connectivity index (χ1) is 13.4. The minimum Gasteiger partial charge on any atom is -0.301 e. The minimum atomic E-state index is -3.76. The molecule has 1 aliphatic heterocycles. The molecule has 7 nitrogen and oxygen atoms in total. The summed E-state index contributed by atoms with van der Waals surface area (Å²) in [4.78, 5) is 21.2. The number of thiazole rings is 1. The van der Waals surface area contributed by atoms with E-state index < -0.39 is 16.1 Å². The molecule has 4 heterocycles. The Morgan fingerprint density at radius 1 is 1.32 bits per heavy atom. The van der Waals surface area contributed by atoms with Crippen LogP contribution in [0.15, 0.2) is 46.2 Å². The molecular weight excluding hydrogens is 440 g/mol.